The van der Waals surface area contributed by atoms with Crippen LogP contribution in [0.4, 0.5) is 10.5 Å². The average Bonchev–Trinajstić information content (AvgIpc) is 2.68. The molecule has 3 fully saturated rings. The Balaban J connectivity index is 1.35. The van der Waals surface area contributed by atoms with Crippen molar-refractivity contribution >= 4 is 17.5 Å². The molecule has 3 aliphatic rings. The van der Waals surface area contributed by atoms with E-state index >= 15 is 0 Å². The SMILES string of the molecule is CC(=O)c1cccc(NC(=O)NC2CC3CCCC(C2)N3C2CCCCC2)c1. The van der Waals surface area contributed by atoms with Crippen LogP contribution in [0.2, 0.25) is 0 Å². The van der Waals surface area contributed by atoms with Gasteiger partial charge in [-0.2, -0.15) is 0 Å². The van der Waals surface area contributed by atoms with Gasteiger partial charge in [-0.25, -0.2) is 4.79 Å². The first-order valence-electron chi connectivity index (χ1n) is 11.1. The molecule has 2 atom stereocenters. The number of fused-ring (bicyclic) bond motifs is 2. The zero-order valence-corrected chi connectivity index (χ0v) is 17.0. The molecule has 5 nitrogen and oxygen atoms in total. The molecule has 2 amide bonds. The fourth-order valence-corrected chi connectivity index (χ4v) is 5.68. The molecule has 2 saturated heterocycles. The standard InChI is InChI=1S/C23H33N3O2/c1-16(27)17-7-5-8-18(13-17)24-23(28)25-19-14-21-11-6-12-22(15-19)26(21)20-9-3-2-4-10-20/h5,7-8,13,19-22H,2-4,6,9-12,14-15H2,1H3,(H2,24,25,28). The van der Waals surface area contributed by atoms with E-state index in [-0.39, 0.29) is 17.9 Å². The second-order valence-corrected chi connectivity index (χ2v) is 8.88. The van der Waals surface area contributed by atoms with Crippen LogP contribution >= 0.6 is 0 Å². The van der Waals surface area contributed by atoms with E-state index in [2.05, 4.69) is 15.5 Å². The van der Waals surface area contributed by atoms with Crippen molar-refractivity contribution in [3.8, 4) is 0 Å². The predicted octanol–water partition coefficient (Wildman–Crippen LogP) is 4.73. The molecule has 1 aromatic carbocycles. The van der Waals surface area contributed by atoms with E-state index in [0.29, 0.717) is 23.3 Å². The maximum atomic E-state index is 12.5. The molecule has 0 radical (unpaired) electrons. The topological polar surface area (TPSA) is 61.4 Å². The minimum Gasteiger partial charge on any atom is -0.335 e. The van der Waals surface area contributed by atoms with Gasteiger partial charge in [-0.3, -0.25) is 9.69 Å². The number of hydrogen-bond donors (Lipinski definition) is 2. The second kappa shape index (κ2) is 8.64. The van der Waals surface area contributed by atoms with Crippen molar-refractivity contribution in [3.05, 3.63) is 29.8 Å². The number of nitrogens with one attached hydrogen (secondary N) is 2. The van der Waals surface area contributed by atoms with Crippen molar-refractivity contribution in [2.45, 2.75) is 95.3 Å². The van der Waals surface area contributed by atoms with Crippen LogP contribution in [0.1, 0.15) is 81.5 Å². The Kier molecular flexibility index (Phi) is 6.00. The first-order chi connectivity index (χ1) is 13.6. The molecule has 2 heterocycles. The Morgan fingerprint density at radius 3 is 2.29 bits per heavy atom. The van der Waals surface area contributed by atoms with Gasteiger partial charge in [0.1, 0.15) is 0 Å². The normalized spacial score (nSPS) is 28.5. The second-order valence-electron chi connectivity index (χ2n) is 8.88. The van der Waals surface area contributed by atoms with Crippen molar-refractivity contribution < 1.29 is 9.59 Å². The Morgan fingerprint density at radius 1 is 0.929 bits per heavy atom. The predicted molar refractivity (Wildman–Crippen MR) is 112 cm³/mol. The van der Waals surface area contributed by atoms with E-state index < -0.39 is 0 Å². The fourth-order valence-electron chi connectivity index (χ4n) is 5.68. The molecule has 1 aromatic rings. The highest BCUT2D eigenvalue weighted by atomic mass is 16.2. The number of carbonyl (C=O) groups excluding carboxylic acids is 2. The van der Waals surface area contributed by atoms with Gasteiger partial charge in [0, 0.05) is 35.4 Å². The van der Waals surface area contributed by atoms with Crippen molar-refractivity contribution in [1.82, 2.24) is 10.2 Å². The van der Waals surface area contributed by atoms with Crippen LogP contribution in [0, 0.1) is 0 Å². The van der Waals surface area contributed by atoms with Crippen molar-refractivity contribution in [2.75, 3.05) is 5.32 Å². The summed E-state index contributed by atoms with van der Waals surface area (Å²) in [6.07, 6.45) is 12.9. The maximum absolute atomic E-state index is 12.5. The summed E-state index contributed by atoms with van der Waals surface area (Å²) in [5.74, 6) is 0.00645. The summed E-state index contributed by atoms with van der Waals surface area (Å²) in [4.78, 5) is 26.9. The summed E-state index contributed by atoms with van der Waals surface area (Å²) >= 11 is 0. The number of nitrogens with zero attached hydrogens (tertiary/aromatic N) is 1. The smallest absolute Gasteiger partial charge is 0.319 e. The third kappa shape index (κ3) is 4.40. The number of rotatable bonds is 4. The first-order valence-corrected chi connectivity index (χ1v) is 11.1. The zero-order valence-electron chi connectivity index (χ0n) is 17.0. The van der Waals surface area contributed by atoms with E-state index in [4.69, 9.17) is 0 Å². The monoisotopic (exact) mass is 383 g/mol. The summed E-state index contributed by atoms with van der Waals surface area (Å²) in [6.45, 7) is 1.54. The highest BCUT2D eigenvalue weighted by Gasteiger charge is 2.42. The molecule has 0 aromatic heterocycles. The van der Waals surface area contributed by atoms with Gasteiger partial charge in [-0.1, -0.05) is 37.8 Å². The third-order valence-corrected chi connectivity index (χ3v) is 6.89. The molecular weight excluding hydrogens is 350 g/mol. The molecule has 2 bridgehead atoms. The van der Waals surface area contributed by atoms with Gasteiger partial charge >= 0.3 is 6.03 Å². The van der Waals surface area contributed by atoms with Crippen molar-refractivity contribution in [1.29, 1.82) is 0 Å². The molecule has 2 N–H and O–H groups in total. The average molecular weight is 384 g/mol. The van der Waals surface area contributed by atoms with Crippen molar-refractivity contribution in [3.63, 3.8) is 0 Å². The lowest BCUT2D eigenvalue weighted by Gasteiger charge is -2.53. The summed E-state index contributed by atoms with van der Waals surface area (Å²) in [6, 6.07) is 9.25. The van der Waals surface area contributed by atoms with Gasteiger partial charge in [-0.05, 0) is 57.6 Å². The maximum Gasteiger partial charge on any atom is 0.319 e. The van der Waals surface area contributed by atoms with E-state index in [1.165, 1.54) is 58.3 Å². The minimum atomic E-state index is -0.158. The largest absolute Gasteiger partial charge is 0.335 e. The van der Waals surface area contributed by atoms with Crippen molar-refractivity contribution in [2.24, 2.45) is 0 Å². The van der Waals surface area contributed by atoms with Gasteiger partial charge in [0.2, 0.25) is 0 Å². The Bertz CT molecular complexity index is 700. The lowest BCUT2D eigenvalue weighted by atomic mass is 9.78. The van der Waals surface area contributed by atoms with Crippen LogP contribution in [0.5, 0.6) is 0 Å². The summed E-state index contributed by atoms with van der Waals surface area (Å²) in [5.41, 5.74) is 1.29. The Labute approximate surface area is 168 Å². The molecule has 1 aliphatic carbocycles. The van der Waals surface area contributed by atoms with Crippen LogP contribution in [-0.2, 0) is 0 Å². The molecule has 28 heavy (non-hydrogen) atoms. The van der Waals surface area contributed by atoms with Gasteiger partial charge < -0.3 is 10.6 Å². The number of Topliss-reactive ketones (excluding diaryl/α,β-unsaturated/α-hetero) is 1. The number of benzene rings is 1. The van der Waals surface area contributed by atoms with Crippen LogP contribution < -0.4 is 10.6 Å². The molecule has 5 heteroatoms. The van der Waals surface area contributed by atoms with Crippen LogP contribution in [0.3, 0.4) is 0 Å². The number of ketones is 1. The van der Waals surface area contributed by atoms with E-state index in [0.717, 1.165) is 18.9 Å². The lowest BCUT2D eigenvalue weighted by Crippen LogP contribution is -2.60. The van der Waals surface area contributed by atoms with Crippen LogP contribution in [0.15, 0.2) is 24.3 Å². The number of hydrogen-bond acceptors (Lipinski definition) is 3. The zero-order chi connectivity index (χ0) is 19.5. The Morgan fingerprint density at radius 2 is 1.61 bits per heavy atom. The molecule has 152 valence electrons. The minimum absolute atomic E-state index is 0.00645. The number of carbonyl (C=O) groups is 2. The molecule has 2 aliphatic heterocycles. The van der Waals surface area contributed by atoms with Gasteiger partial charge in [0.25, 0.3) is 0 Å². The quantitative estimate of drug-likeness (QED) is 0.739. The number of anilines is 1. The summed E-state index contributed by atoms with van der Waals surface area (Å²) in [7, 11) is 0. The number of piperidine rings is 2. The molecule has 4 rings (SSSR count). The molecule has 1 saturated carbocycles. The van der Waals surface area contributed by atoms with Crippen LogP contribution in [0.25, 0.3) is 0 Å². The highest BCUT2D eigenvalue weighted by molar-refractivity contribution is 5.96. The third-order valence-electron chi connectivity index (χ3n) is 6.89. The first kappa shape index (κ1) is 19.4. The van der Waals surface area contributed by atoms with E-state index in [1.54, 1.807) is 18.2 Å². The van der Waals surface area contributed by atoms with E-state index in [1.807, 2.05) is 6.07 Å². The highest BCUT2D eigenvalue weighted by Crippen LogP contribution is 2.39. The van der Waals surface area contributed by atoms with E-state index in [9.17, 15) is 9.59 Å². The lowest BCUT2D eigenvalue weighted by molar-refractivity contribution is -0.0202. The van der Waals surface area contributed by atoms with Crippen LogP contribution in [-0.4, -0.2) is 40.9 Å². The summed E-state index contributed by atoms with van der Waals surface area (Å²) < 4.78 is 0. The van der Waals surface area contributed by atoms with Gasteiger partial charge in [-0.15, -0.1) is 0 Å². The number of amides is 2. The van der Waals surface area contributed by atoms with Gasteiger partial charge in [0.05, 0.1) is 0 Å². The summed E-state index contributed by atoms with van der Waals surface area (Å²) in [5, 5.41) is 6.12. The van der Waals surface area contributed by atoms with Gasteiger partial charge in [0.15, 0.2) is 5.78 Å². The Hall–Kier alpha value is -1.88. The number of urea groups is 1. The molecule has 0 spiro atoms. The molecular formula is C23H33N3O2. The molecule has 2 unspecified atom stereocenters. The fraction of sp³-hybridized carbons (Fsp3) is 0.652.